The summed E-state index contributed by atoms with van der Waals surface area (Å²) in [5.74, 6) is 4.94. The molecule has 4 aromatic rings. The van der Waals surface area contributed by atoms with Gasteiger partial charge in [-0.05, 0) is 84.5 Å². The van der Waals surface area contributed by atoms with Crippen molar-refractivity contribution in [1.82, 2.24) is 10.6 Å². The van der Waals surface area contributed by atoms with Gasteiger partial charge in [0.2, 0.25) is 0 Å². The molecular weight excluding hydrogens is 592 g/mol. The molecule has 2 amide bonds. The largest absolute Gasteiger partial charge is 0.467 e. The van der Waals surface area contributed by atoms with Gasteiger partial charge in [-0.3, -0.25) is 4.79 Å². The third-order valence-corrected chi connectivity index (χ3v) is 8.12. The van der Waals surface area contributed by atoms with Crippen LogP contribution in [-0.4, -0.2) is 57.0 Å². The molecule has 2 N–H and O–H groups in total. The number of hydrogen-bond donors (Lipinski definition) is 2. The molecule has 0 radical (unpaired) electrons. The van der Waals surface area contributed by atoms with Gasteiger partial charge in [0.1, 0.15) is 12.6 Å². The molecule has 0 saturated carbocycles. The van der Waals surface area contributed by atoms with E-state index in [-0.39, 0.29) is 12.5 Å². The van der Waals surface area contributed by atoms with Crippen molar-refractivity contribution < 1.29 is 28.6 Å². The van der Waals surface area contributed by atoms with Gasteiger partial charge in [0.05, 0.1) is 19.8 Å². The monoisotopic (exact) mass is 630 g/mol. The van der Waals surface area contributed by atoms with Crippen molar-refractivity contribution in [2.45, 2.75) is 38.3 Å². The van der Waals surface area contributed by atoms with Gasteiger partial charge in [0.15, 0.2) is 0 Å². The van der Waals surface area contributed by atoms with Crippen LogP contribution in [0.25, 0.3) is 11.1 Å². The molecule has 8 heteroatoms. The van der Waals surface area contributed by atoms with Crippen LogP contribution in [0.5, 0.6) is 0 Å². The molecule has 0 unspecified atom stereocenters. The van der Waals surface area contributed by atoms with Crippen LogP contribution in [0.4, 0.5) is 4.79 Å². The Bertz CT molecular complexity index is 1730. The number of carbonyl (C=O) groups is 3. The molecule has 240 valence electrons. The van der Waals surface area contributed by atoms with Crippen molar-refractivity contribution in [2.24, 2.45) is 0 Å². The first-order valence-corrected chi connectivity index (χ1v) is 15.7. The van der Waals surface area contributed by atoms with Crippen molar-refractivity contribution in [2.75, 3.05) is 26.9 Å². The third kappa shape index (κ3) is 8.26. The first-order valence-electron chi connectivity index (χ1n) is 15.7. The minimum Gasteiger partial charge on any atom is -0.467 e. The fourth-order valence-corrected chi connectivity index (χ4v) is 5.59. The summed E-state index contributed by atoms with van der Waals surface area (Å²) in [4.78, 5) is 38.6. The Hall–Kier alpha value is -5.39. The van der Waals surface area contributed by atoms with E-state index >= 15 is 0 Å². The second kappa shape index (κ2) is 15.7. The summed E-state index contributed by atoms with van der Waals surface area (Å²) >= 11 is 0. The van der Waals surface area contributed by atoms with Gasteiger partial charge < -0.3 is 24.8 Å². The van der Waals surface area contributed by atoms with E-state index < -0.39 is 30.1 Å². The van der Waals surface area contributed by atoms with Crippen LogP contribution >= 0.6 is 0 Å². The third-order valence-electron chi connectivity index (χ3n) is 8.12. The number of hydrogen-bond acceptors (Lipinski definition) is 6. The van der Waals surface area contributed by atoms with Crippen LogP contribution in [0.1, 0.15) is 57.9 Å². The van der Waals surface area contributed by atoms with Gasteiger partial charge in [-0.25, -0.2) is 9.59 Å². The molecule has 8 nitrogen and oxygen atoms in total. The maximum atomic E-state index is 13.1. The molecule has 0 fully saturated rings. The number of rotatable bonds is 11. The predicted molar refractivity (Wildman–Crippen MR) is 180 cm³/mol. The quantitative estimate of drug-likeness (QED) is 0.122. The average Bonchev–Trinajstić information content (AvgIpc) is 3.42. The van der Waals surface area contributed by atoms with E-state index in [1.807, 2.05) is 67.6 Å². The first-order chi connectivity index (χ1) is 22.9. The lowest BCUT2D eigenvalue weighted by molar-refractivity contribution is -0.143. The highest BCUT2D eigenvalue weighted by molar-refractivity contribution is 5.97. The minimum atomic E-state index is -1.15. The Morgan fingerprint density at radius 3 is 1.94 bits per heavy atom. The number of esters is 1. The summed E-state index contributed by atoms with van der Waals surface area (Å²) in [5, 5.41) is 5.36. The lowest BCUT2D eigenvalue weighted by Crippen LogP contribution is -2.54. The Morgan fingerprint density at radius 1 is 0.787 bits per heavy atom. The molecule has 0 aliphatic heterocycles. The Balaban J connectivity index is 1.16. The van der Waals surface area contributed by atoms with Crippen LogP contribution < -0.4 is 10.6 Å². The van der Waals surface area contributed by atoms with Crippen molar-refractivity contribution in [1.29, 1.82) is 0 Å². The molecule has 0 aromatic heterocycles. The zero-order valence-electron chi connectivity index (χ0n) is 26.7. The van der Waals surface area contributed by atoms with Gasteiger partial charge in [0.25, 0.3) is 5.91 Å². The molecule has 1 aliphatic rings. The lowest BCUT2D eigenvalue weighted by Gasteiger charge is -2.24. The van der Waals surface area contributed by atoms with Crippen LogP contribution in [0.2, 0.25) is 0 Å². The first kappa shape index (κ1) is 33.0. The van der Waals surface area contributed by atoms with Crippen molar-refractivity contribution in [3.63, 3.8) is 0 Å². The van der Waals surface area contributed by atoms with Crippen molar-refractivity contribution in [3.8, 4) is 23.0 Å². The SMILES string of the molecule is CCOCCc1ccc(C#Cc2ccc(C(=O)N[C@H](C(=O)OC)[C@@H](C)NC(=O)OCC3c4ccccc4-c4ccccc43)cc2)cc1. The number of benzene rings is 4. The Morgan fingerprint density at radius 2 is 1.36 bits per heavy atom. The summed E-state index contributed by atoms with van der Waals surface area (Å²) in [6.07, 6.45) is 0.150. The molecule has 0 saturated heterocycles. The molecule has 4 aromatic carbocycles. The Labute approximate surface area is 275 Å². The molecule has 0 heterocycles. The molecule has 0 bridgehead atoms. The van der Waals surface area contributed by atoms with Crippen LogP contribution in [0.3, 0.4) is 0 Å². The fourth-order valence-electron chi connectivity index (χ4n) is 5.59. The number of ether oxygens (including phenoxy) is 3. The zero-order valence-corrected chi connectivity index (χ0v) is 26.7. The van der Waals surface area contributed by atoms with E-state index in [0.717, 1.165) is 39.8 Å². The van der Waals surface area contributed by atoms with Crippen molar-refractivity contribution in [3.05, 3.63) is 130 Å². The number of amides is 2. The molecule has 5 rings (SSSR count). The maximum absolute atomic E-state index is 13.1. The zero-order chi connectivity index (χ0) is 33.2. The summed E-state index contributed by atoms with van der Waals surface area (Å²) < 4.78 is 16.0. The van der Waals surface area contributed by atoms with E-state index in [0.29, 0.717) is 18.8 Å². The second-order valence-electron chi connectivity index (χ2n) is 11.2. The molecule has 0 spiro atoms. The van der Waals surface area contributed by atoms with Crippen LogP contribution in [0, 0.1) is 11.8 Å². The number of carbonyl (C=O) groups excluding carboxylic acids is 3. The van der Waals surface area contributed by atoms with Crippen LogP contribution in [0.15, 0.2) is 97.1 Å². The summed E-state index contributed by atoms with van der Waals surface area (Å²) in [5.41, 5.74) is 7.56. The highest BCUT2D eigenvalue weighted by Crippen LogP contribution is 2.44. The molecular formula is C39H38N2O6. The molecule has 1 aliphatic carbocycles. The van der Waals surface area contributed by atoms with Gasteiger partial charge in [-0.2, -0.15) is 0 Å². The lowest BCUT2D eigenvalue weighted by atomic mass is 9.98. The Kier molecular flexibility index (Phi) is 11.1. The number of alkyl carbamates (subject to hydrolysis) is 1. The number of nitrogens with one attached hydrogen (secondary N) is 2. The van der Waals surface area contributed by atoms with Crippen molar-refractivity contribution >= 4 is 18.0 Å². The average molecular weight is 631 g/mol. The van der Waals surface area contributed by atoms with Gasteiger partial charge in [-0.1, -0.05) is 72.5 Å². The van der Waals surface area contributed by atoms with Gasteiger partial charge in [-0.15, -0.1) is 0 Å². The van der Waals surface area contributed by atoms with E-state index in [1.54, 1.807) is 31.2 Å². The standard InChI is InChI=1S/C39H38N2O6/c1-4-46-24-23-29-17-15-27(16-18-29)13-14-28-19-21-30(22-20-28)37(42)41-36(38(43)45-3)26(2)40-39(44)47-25-35-33-11-7-5-9-31(33)32-10-6-8-12-34(32)35/h5-12,15-22,26,35-36H,4,23-25H2,1-3H3,(H,40,44)(H,41,42)/t26-,36+/m1/s1. The van der Waals surface area contributed by atoms with Gasteiger partial charge >= 0.3 is 12.1 Å². The number of fused-ring (bicyclic) bond motifs is 3. The number of methoxy groups -OCH3 is 1. The van der Waals surface area contributed by atoms with E-state index in [9.17, 15) is 14.4 Å². The molecule has 2 atom stereocenters. The predicted octanol–water partition coefficient (Wildman–Crippen LogP) is 5.86. The molecule has 47 heavy (non-hydrogen) atoms. The summed E-state index contributed by atoms with van der Waals surface area (Å²) in [7, 11) is 1.23. The highest BCUT2D eigenvalue weighted by atomic mass is 16.5. The summed E-state index contributed by atoms with van der Waals surface area (Å²) in [6.45, 7) is 5.10. The highest BCUT2D eigenvalue weighted by Gasteiger charge is 2.32. The summed E-state index contributed by atoms with van der Waals surface area (Å²) in [6, 6.07) is 28.9. The second-order valence-corrected chi connectivity index (χ2v) is 11.2. The van der Waals surface area contributed by atoms with E-state index in [1.165, 1.54) is 12.7 Å². The van der Waals surface area contributed by atoms with Gasteiger partial charge in [0, 0.05) is 29.2 Å². The minimum absolute atomic E-state index is 0.108. The maximum Gasteiger partial charge on any atom is 0.407 e. The van der Waals surface area contributed by atoms with E-state index in [2.05, 4.69) is 34.6 Å². The normalized spacial score (nSPS) is 12.8. The topological polar surface area (TPSA) is 103 Å². The fraction of sp³-hybridized carbons (Fsp3) is 0.256. The van der Waals surface area contributed by atoms with Crippen LogP contribution in [-0.2, 0) is 25.4 Å². The smallest absolute Gasteiger partial charge is 0.407 e. The van der Waals surface area contributed by atoms with E-state index in [4.69, 9.17) is 14.2 Å².